The van der Waals surface area contributed by atoms with Crippen molar-refractivity contribution in [2.24, 2.45) is 5.41 Å². The lowest BCUT2D eigenvalue weighted by molar-refractivity contribution is -0.180. The molecule has 1 aliphatic rings. The van der Waals surface area contributed by atoms with Crippen LogP contribution in [0.5, 0.6) is 0 Å². The molecule has 0 aromatic heterocycles. The van der Waals surface area contributed by atoms with Gasteiger partial charge in [-0.2, -0.15) is 5.06 Å². The summed E-state index contributed by atoms with van der Waals surface area (Å²) in [6, 6.07) is 9.41. The molecule has 0 bridgehead atoms. The van der Waals surface area contributed by atoms with E-state index in [0.29, 0.717) is 6.54 Å². The van der Waals surface area contributed by atoms with Crippen LogP contribution in [0.25, 0.3) is 0 Å². The Morgan fingerprint density at radius 2 is 1.81 bits per heavy atom. The molecule has 1 aromatic rings. The first-order valence-electron chi connectivity index (χ1n) is 5.10. The number of hydroxylamine groups is 2. The molecule has 4 nitrogen and oxygen atoms in total. The van der Waals surface area contributed by atoms with Gasteiger partial charge in [0, 0.05) is 0 Å². The summed E-state index contributed by atoms with van der Waals surface area (Å²) in [5.74, 6) is -0.783. The number of amides is 1. The first kappa shape index (κ1) is 10.7. The smallest absolute Gasteiger partial charge is 0.337 e. The van der Waals surface area contributed by atoms with Crippen molar-refractivity contribution in [3.8, 4) is 0 Å². The molecule has 1 saturated heterocycles. The van der Waals surface area contributed by atoms with Gasteiger partial charge in [0.25, 0.3) is 5.91 Å². The third-order valence-corrected chi connectivity index (χ3v) is 2.63. The van der Waals surface area contributed by atoms with Gasteiger partial charge in [0.15, 0.2) is 0 Å². The molecule has 1 amide bonds. The molecule has 0 spiro atoms. The minimum absolute atomic E-state index is 0.290. The van der Waals surface area contributed by atoms with Crippen molar-refractivity contribution in [3.63, 3.8) is 0 Å². The average Bonchev–Trinajstić information content (AvgIpc) is 2.45. The SMILES string of the molecule is CC1(C)C(=O)ON(Cc2ccccc2)C1=O. The van der Waals surface area contributed by atoms with Crippen LogP contribution in [0.3, 0.4) is 0 Å². The Hall–Kier alpha value is -1.84. The van der Waals surface area contributed by atoms with Crippen LogP contribution in [-0.2, 0) is 21.0 Å². The zero-order valence-electron chi connectivity index (χ0n) is 9.27. The molecule has 16 heavy (non-hydrogen) atoms. The monoisotopic (exact) mass is 219 g/mol. The first-order chi connectivity index (χ1) is 7.51. The van der Waals surface area contributed by atoms with Gasteiger partial charge in [0.05, 0.1) is 6.54 Å². The second-order valence-corrected chi connectivity index (χ2v) is 4.33. The Morgan fingerprint density at radius 3 is 2.31 bits per heavy atom. The number of nitrogens with zero attached hydrogens (tertiary/aromatic N) is 1. The largest absolute Gasteiger partial charge is 0.347 e. The standard InChI is InChI=1S/C12H13NO3/c1-12(2)10(14)13(16-11(12)15)8-9-6-4-3-5-7-9/h3-7H,8H2,1-2H3. The van der Waals surface area contributed by atoms with Crippen molar-refractivity contribution < 1.29 is 14.4 Å². The van der Waals surface area contributed by atoms with Crippen LogP contribution in [0.2, 0.25) is 0 Å². The summed E-state index contributed by atoms with van der Waals surface area (Å²) in [6.07, 6.45) is 0. The molecule has 1 heterocycles. The van der Waals surface area contributed by atoms with E-state index in [-0.39, 0.29) is 5.91 Å². The Bertz CT molecular complexity index is 425. The third-order valence-electron chi connectivity index (χ3n) is 2.63. The van der Waals surface area contributed by atoms with E-state index in [9.17, 15) is 9.59 Å². The van der Waals surface area contributed by atoms with Crippen LogP contribution in [0.4, 0.5) is 0 Å². The molecule has 0 atom stereocenters. The number of carbonyl (C=O) groups excluding carboxylic acids is 2. The van der Waals surface area contributed by atoms with Crippen molar-refractivity contribution in [2.45, 2.75) is 20.4 Å². The van der Waals surface area contributed by atoms with Crippen molar-refractivity contribution in [2.75, 3.05) is 0 Å². The van der Waals surface area contributed by atoms with Gasteiger partial charge in [0.1, 0.15) is 5.41 Å². The molecule has 2 rings (SSSR count). The lowest BCUT2D eigenvalue weighted by Gasteiger charge is -2.13. The van der Waals surface area contributed by atoms with E-state index in [0.717, 1.165) is 10.6 Å². The van der Waals surface area contributed by atoms with E-state index in [4.69, 9.17) is 4.84 Å². The van der Waals surface area contributed by atoms with E-state index >= 15 is 0 Å². The third kappa shape index (κ3) is 1.66. The zero-order valence-corrected chi connectivity index (χ0v) is 9.27. The summed E-state index contributed by atoms with van der Waals surface area (Å²) in [5, 5.41) is 1.12. The Labute approximate surface area is 93.8 Å². The molecular weight excluding hydrogens is 206 g/mol. The minimum atomic E-state index is -1.06. The second-order valence-electron chi connectivity index (χ2n) is 4.33. The normalized spacial score (nSPS) is 18.8. The van der Waals surface area contributed by atoms with Gasteiger partial charge in [0.2, 0.25) is 0 Å². The average molecular weight is 219 g/mol. The van der Waals surface area contributed by atoms with Gasteiger partial charge >= 0.3 is 5.97 Å². The summed E-state index contributed by atoms with van der Waals surface area (Å²) < 4.78 is 0. The maximum Gasteiger partial charge on any atom is 0.347 e. The van der Waals surface area contributed by atoms with E-state index < -0.39 is 11.4 Å². The van der Waals surface area contributed by atoms with Crippen molar-refractivity contribution in [3.05, 3.63) is 35.9 Å². The molecule has 0 aliphatic carbocycles. The van der Waals surface area contributed by atoms with Crippen molar-refractivity contribution in [1.82, 2.24) is 5.06 Å². The molecule has 1 aromatic carbocycles. The minimum Gasteiger partial charge on any atom is -0.337 e. The van der Waals surface area contributed by atoms with Crippen LogP contribution in [-0.4, -0.2) is 16.9 Å². The van der Waals surface area contributed by atoms with Crippen molar-refractivity contribution >= 4 is 11.9 Å². The summed E-state index contributed by atoms with van der Waals surface area (Å²) in [6.45, 7) is 3.44. The molecule has 84 valence electrons. The van der Waals surface area contributed by atoms with E-state index in [1.807, 2.05) is 30.3 Å². The number of benzene rings is 1. The number of hydrogen-bond donors (Lipinski definition) is 0. The maximum absolute atomic E-state index is 11.8. The van der Waals surface area contributed by atoms with E-state index in [1.54, 1.807) is 13.8 Å². The Balaban J connectivity index is 2.14. The quantitative estimate of drug-likeness (QED) is 0.708. The van der Waals surface area contributed by atoms with E-state index in [2.05, 4.69) is 0 Å². The fourth-order valence-corrected chi connectivity index (χ4v) is 1.51. The highest BCUT2D eigenvalue weighted by Crippen LogP contribution is 2.29. The zero-order chi connectivity index (χ0) is 11.8. The second kappa shape index (κ2) is 3.63. The summed E-state index contributed by atoms with van der Waals surface area (Å²) >= 11 is 0. The predicted octanol–water partition coefficient (Wildman–Crippen LogP) is 1.51. The molecule has 0 unspecified atom stereocenters. The van der Waals surface area contributed by atoms with Crippen molar-refractivity contribution in [1.29, 1.82) is 0 Å². The lowest BCUT2D eigenvalue weighted by Crippen LogP contribution is -2.31. The molecule has 0 radical (unpaired) electrons. The summed E-state index contributed by atoms with van der Waals surface area (Å²) in [7, 11) is 0. The van der Waals surface area contributed by atoms with Crippen LogP contribution in [0.1, 0.15) is 19.4 Å². The molecular formula is C12H13NO3. The molecule has 4 heteroatoms. The molecule has 1 fully saturated rings. The van der Waals surface area contributed by atoms with Gasteiger partial charge in [-0.3, -0.25) is 4.79 Å². The van der Waals surface area contributed by atoms with Gasteiger partial charge in [-0.05, 0) is 19.4 Å². The Morgan fingerprint density at radius 1 is 1.19 bits per heavy atom. The maximum atomic E-state index is 11.8. The van der Waals surface area contributed by atoms with Gasteiger partial charge in [-0.1, -0.05) is 30.3 Å². The summed E-state index contributed by atoms with van der Waals surface area (Å²) in [5.41, 5.74) is -0.129. The highest BCUT2D eigenvalue weighted by Gasteiger charge is 2.49. The van der Waals surface area contributed by atoms with Gasteiger partial charge in [-0.25, -0.2) is 4.79 Å². The van der Waals surface area contributed by atoms with Crippen LogP contribution in [0.15, 0.2) is 30.3 Å². The molecule has 1 aliphatic heterocycles. The highest BCUT2D eigenvalue weighted by atomic mass is 16.7. The number of hydrogen-bond acceptors (Lipinski definition) is 3. The van der Waals surface area contributed by atoms with E-state index in [1.165, 1.54) is 0 Å². The molecule has 0 saturated carbocycles. The highest BCUT2D eigenvalue weighted by molar-refractivity contribution is 6.05. The lowest BCUT2D eigenvalue weighted by atomic mass is 9.94. The van der Waals surface area contributed by atoms with Crippen LogP contribution in [0, 0.1) is 5.41 Å². The van der Waals surface area contributed by atoms with Gasteiger partial charge in [-0.15, -0.1) is 0 Å². The number of rotatable bonds is 2. The number of carbonyl (C=O) groups is 2. The fraction of sp³-hybridized carbons (Fsp3) is 0.333. The molecule has 0 N–H and O–H groups in total. The van der Waals surface area contributed by atoms with Crippen LogP contribution >= 0.6 is 0 Å². The van der Waals surface area contributed by atoms with Gasteiger partial charge < -0.3 is 4.84 Å². The summed E-state index contributed by atoms with van der Waals surface area (Å²) in [4.78, 5) is 28.2. The van der Waals surface area contributed by atoms with Crippen LogP contribution < -0.4 is 0 Å². The Kier molecular flexibility index (Phi) is 2.42. The first-order valence-corrected chi connectivity index (χ1v) is 5.10. The predicted molar refractivity (Wildman–Crippen MR) is 56.9 cm³/mol. The fourth-order valence-electron chi connectivity index (χ4n) is 1.51. The topological polar surface area (TPSA) is 46.6 Å².